The third kappa shape index (κ3) is 5.10. The molecule has 7 nitrogen and oxygen atoms in total. The number of para-hydroxylation sites is 1. The number of sulfonamides is 1. The predicted molar refractivity (Wildman–Crippen MR) is 141 cm³/mol. The van der Waals surface area contributed by atoms with E-state index < -0.39 is 10.0 Å². The van der Waals surface area contributed by atoms with E-state index in [1.54, 1.807) is 42.6 Å². The molecule has 1 aromatic heterocycles. The lowest BCUT2D eigenvalue weighted by atomic mass is 10.1. The molecule has 1 fully saturated rings. The largest absolute Gasteiger partial charge is 0.336 e. The lowest BCUT2D eigenvalue weighted by Gasteiger charge is -2.40. The third-order valence-corrected chi connectivity index (χ3v) is 7.96. The number of aromatic nitrogens is 1. The van der Waals surface area contributed by atoms with E-state index in [-0.39, 0.29) is 16.8 Å². The number of carbonyl (C=O) groups is 1. The summed E-state index contributed by atoms with van der Waals surface area (Å²) in [6.07, 6.45) is 1.57. The summed E-state index contributed by atoms with van der Waals surface area (Å²) in [4.78, 5) is 21.7. The summed E-state index contributed by atoms with van der Waals surface area (Å²) in [5, 5.41) is 0.749. The van der Waals surface area contributed by atoms with Gasteiger partial charge in [-0.15, -0.1) is 0 Å². The summed E-state index contributed by atoms with van der Waals surface area (Å²) >= 11 is 0. The van der Waals surface area contributed by atoms with Crippen molar-refractivity contribution in [3.05, 3.63) is 102 Å². The number of amides is 1. The van der Waals surface area contributed by atoms with Crippen LogP contribution in [0, 0.1) is 0 Å². The van der Waals surface area contributed by atoms with Crippen LogP contribution in [-0.2, 0) is 16.6 Å². The molecule has 1 atom stereocenters. The van der Waals surface area contributed by atoms with E-state index in [0.29, 0.717) is 29.9 Å². The Morgan fingerprint density at radius 3 is 2.44 bits per heavy atom. The molecule has 184 valence electrons. The topological polar surface area (TPSA) is 82.6 Å². The normalized spacial score (nSPS) is 16.7. The zero-order valence-corrected chi connectivity index (χ0v) is 20.9. The second kappa shape index (κ2) is 10.1. The Bertz CT molecular complexity index is 1470. The third-order valence-electron chi connectivity index (χ3n) is 6.55. The zero-order valence-electron chi connectivity index (χ0n) is 20.0. The minimum Gasteiger partial charge on any atom is -0.336 e. The van der Waals surface area contributed by atoms with Crippen molar-refractivity contribution in [3.63, 3.8) is 0 Å². The van der Waals surface area contributed by atoms with Crippen molar-refractivity contribution in [1.82, 2.24) is 14.8 Å². The number of nitrogens with zero attached hydrogens (tertiary/aromatic N) is 3. The first-order valence-corrected chi connectivity index (χ1v) is 13.4. The van der Waals surface area contributed by atoms with Crippen molar-refractivity contribution in [2.24, 2.45) is 0 Å². The molecule has 2 heterocycles. The molecule has 1 aliphatic rings. The van der Waals surface area contributed by atoms with Gasteiger partial charge in [-0.3, -0.25) is 19.4 Å². The summed E-state index contributed by atoms with van der Waals surface area (Å²) in [6.45, 7) is 5.11. The summed E-state index contributed by atoms with van der Waals surface area (Å²) in [6, 6.07) is 25.8. The first-order valence-electron chi connectivity index (χ1n) is 11.9. The highest BCUT2D eigenvalue weighted by Crippen LogP contribution is 2.24. The SMILES string of the molecule is CC1CN(C(=O)c2ccc(NS(=O)(=O)c3cccc4cccnc34)cc2)CCN1Cc1ccccc1. The van der Waals surface area contributed by atoms with E-state index in [1.807, 2.05) is 35.2 Å². The number of anilines is 1. The van der Waals surface area contributed by atoms with Crippen molar-refractivity contribution in [1.29, 1.82) is 0 Å². The van der Waals surface area contributed by atoms with Crippen molar-refractivity contribution in [2.75, 3.05) is 24.4 Å². The van der Waals surface area contributed by atoms with Crippen LogP contribution in [0.4, 0.5) is 5.69 Å². The van der Waals surface area contributed by atoms with E-state index in [2.05, 4.69) is 33.7 Å². The Balaban J connectivity index is 1.24. The van der Waals surface area contributed by atoms with Crippen molar-refractivity contribution in [3.8, 4) is 0 Å². The highest BCUT2D eigenvalue weighted by atomic mass is 32.2. The summed E-state index contributed by atoms with van der Waals surface area (Å²) in [7, 11) is -3.85. The molecule has 0 radical (unpaired) electrons. The molecule has 1 unspecified atom stereocenters. The van der Waals surface area contributed by atoms with Gasteiger partial charge in [0.2, 0.25) is 0 Å². The first kappa shape index (κ1) is 24.0. The molecule has 1 N–H and O–H groups in total. The molecular formula is C28H28N4O3S. The molecule has 4 aromatic rings. The van der Waals surface area contributed by atoms with E-state index in [4.69, 9.17) is 0 Å². The number of hydrogen-bond donors (Lipinski definition) is 1. The van der Waals surface area contributed by atoms with Crippen LogP contribution in [0.15, 0.2) is 96.0 Å². The standard InChI is InChI=1S/C28H28N4O3S/c1-21-19-32(18-17-31(21)20-22-7-3-2-4-8-22)28(33)24-12-14-25(15-13-24)30-36(34,35)26-11-5-9-23-10-6-16-29-27(23)26/h2-16,21,30H,17-20H2,1H3. The van der Waals surface area contributed by atoms with Gasteiger partial charge in [0.05, 0.1) is 5.52 Å². The van der Waals surface area contributed by atoms with Gasteiger partial charge in [0.25, 0.3) is 15.9 Å². The van der Waals surface area contributed by atoms with Crippen LogP contribution in [0.5, 0.6) is 0 Å². The number of nitrogens with one attached hydrogen (secondary N) is 1. The monoisotopic (exact) mass is 500 g/mol. The summed E-state index contributed by atoms with van der Waals surface area (Å²) in [5.41, 5.74) is 2.61. The molecule has 1 saturated heterocycles. The van der Waals surface area contributed by atoms with Gasteiger partial charge in [0.15, 0.2) is 0 Å². The Kier molecular flexibility index (Phi) is 6.71. The fourth-order valence-electron chi connectivity index (χ4n) is 4.60. The van der Waals surface area contributed by atoms with Crippen LogP contribution >= 0.6 is 0 Å². The molecular weight excluding hydrogens is 472 g/mol. The highest BCUT2D eigenvalue weighted by Gasteiger charge is 2.27. The molecule has 1 amide bonds. The van der Waals surface area contributed by atoms with Crippen LogP contribution in [0.2, 0.25) is 0 Å². The van der Waals surface area contributed by atoms with E-state index in [1.165, 1.54) is 11.6 Å². The number of piperazine rings is 1. The number of carbonyl (C=O) groups excluding carboxylic acids is 1. The van der Waals surface area contributed by atoms with Crippen LogP contribution in [0.3, 0.4) is 0 Å². The number of fused-ring (bicyclic) bond motifs is 1. The fourth-order valence-corrected chi connectivity index (χ4v) is 5.84. The molecule has 8 heteroatoms. The fraction of sp³-hybridized carbons (Fsp3) is 0.214. The molecule has 0 spiro atoms. The Labute approximate surface area is 211 Å². The Morgan fingerprint density at radius 2 is 1.69 bits per heavy atom. The van der Waals surface area contributed by atoms with Crippen LogP contribution in [-0.4, -0.2) is 54.8 Å². The maximum atomic E-state index is 13.1. The molecule has 3 aromatic carbocycles. The second-order valence-electron chi connectivity index (χ2n) is 9.07. The number of rotatable bonds is 6. The lowest BCUT2D eigenvalue weighted by Crippen LogP contribution is -2.53. The van der Waals surface area contributed by atoms with Gasteiger partial charge >= 0.3 is 0 Å². The Hall–Kier alpha value is -3.75. The average Bonchev–Trinajstić information content (AvgIpc) is 2.90. The molecule has 1 aliphatic heterocycles. The van der Waals surface area contributed by atoms with Gasteiger partial charge in [0.1, 0.15) is 4.90 Å². The van der Waals surface area contributed by atoms with Crippen LogP contribution in [0.1, 0.15) is 22.8 Å². The zero-order chi connectivity index (χ0) is 25.1. The van der Waals surface area contributed by atoms with Crippen LogP contribution in [0.25, 0.3) is 10.9 Å². The summed E-state index contributed by atoms with van der Waals surface area (Å²) in [5.74, 6) is -0.0473. The molecule has 0 bridgehead atoms. The lowest BCUT2D eigenvalue weighted by molar-refractivity contribution is 0.0495. The highest BCUT2D eigenvalue weighted by molar-refractivity contribution is 7.93. The minimum atomic E-state index is -3.85. The van der Waals surface area contributed by atoms with Gasteiger partial charge in [-0.05, 0) is 48.9 Å². The number of pyridine rings is 1. The smallest absolute Gasteiger partial charge is 0.264 e. The van der Waals surface area contributed by atoms with Crippen molar-refractivity contribution in [2.45, 2.75) is 24.4 Å². The van der Waals surface area contributed by atoms with Gasteiger partial charge in [0, 0.05) is 55.1 Å². The summed E-state index contributed by atoms with van der Waals surface area (Å²) < 4.78 is 28.7. The molecule has 5 rings (SSSR count). The number of hydrogen-bond acceptors (Lipinski definition) is 5. The van der Waals surface area contributed by atoms with Crippen molar-refractivity contribution < 1.29 is 13.2 Å². The molecule has 0 saturated carbocycles. The Morgan fingerprint density at radius 1 is 0.944 bits per heavy atom. The van der Waals surface area contributed by atoms with Gasteiger partial charge in [-0.25, -0.2) is 8.42 Å². The van der Waals surface area contributed by atoms with E-state index in [0.717, 1.165) is 18.5 Å². The van der Waals surface area contributed by atoms with E-state index >= 15 is 0 Å². The second-order valence-corrected chi connectivity index (χ2v) is 10.7. The van der Waals surface area contributed by atoms with Gasteiger partial charge in [-0.2, -0.15) is 0 Å². The molecule has 36 heavy (non-hydrogen) atoms. The first-order chi connectivity index (χ1) is 17.4. The predicted octanol–water partition coefficient (Wildman–Crippen LogP) is 4.38. The minimum absolute atomic E-state index is 0.0473. The average molecular weight is 501 g/mol. The van der Waals surface area contributed by atoms with E-state index in [9.17, 15) is 13.2 Å². The van der Waals surface area contributed by atoms with Crippen LogP contribution < -0.4 is 4.72 Å². The quantitative estimate of drug-likeness (QED) is 0.425. The number of benzene rings is 3. The maximum Gasteiger partial charge on any atom is 0.264 e. The van der Waals surface area contributed by atoms with Gasteiger partial charge < -0.3 is 4.90 Å². The molecule has 0 aliphatic carbocycles. The maximum absolute atomic E-state index is 13.1. The van der Waals surface area contributed by atoms with Gasteiger partial charge in [-0.1, -0.05) is 48.5 Å². The van der Waals surface area contributed by atoms with Crippen molar-refractivity contribution >= 4 is 32.5 Å².